The van der Waals surface area contributed by atoms with Gasteiger partial charge in [0.1, 0.15) is 5.54 Å². The molecule has 4 N–H and O–H groups in total. The van der Waals surface area contributed by atoms with Crippen molar-refractivity contribution in [3.05, 3.63) is 42.5 Å². The van der Waals surface area contributed by atoms with Gasteiger partial charge in [-0.3, -0.25) is 15.1 Å². The Morgan fingerprint density at radius 1 is 1.03 bits per heavy atom. The van der Waals surface area contributed by atoms with Crippen LogP contribution in [0.4, 0.5) is 10.5 Å². The molecule has 2 aromatic carbocycles. The lowest BCUT2D eigenvalue weighted by molar-refractivity contribution is -0.131. The van der Waals surface area contributed by atoms with Crippen molar-refractivity contribution in [1.82, 2.24) is 15.5 Å². The van der Waals surface area contributed by atoms with E-state index >= 15 is 0 Å². The van der Waals surface area contributed by atoms with Gasteiger partial charge in [0.25, 0.3) is 5.91 Å². The number of nitrogens with one attached hydrogen (secondary N) is 4. The molecule has 0 aromatic heterocycles. The molecular weight excluding hydrogens is 462 g/mol. The molecule has 1 saturated heterocycles. The van der Waals surface area contributed by atoms with Crippen molar-refractivity contribution in [2.24, 2.45) is 11.8 Å². The first-order valence-corrected chi connectivity index (χ1v) is 14.1. The van der Waals surface area contributed by atoms with E-state index in [0.717, 1.165) is 61.4 Å². The highest BCUT2D eigenvalue weighted by Gasteiger charge is 2.49. The lowest BCUT2D eigenvalue weighted by Crippen LogP contribution is -2.50. The third-order valence-corrected chi connectivity index (χ3v) is 8.87. The lowest BCUT2D eigenvalue weighted by Gasteiger charge is -2.36. The number of hydrogen-bond acceptors (Lipinski definition) is 3. The Kier molecular flexibility index (Phi) is 7.68. The summed E-state index contributed by atoms with van der Waals surface area (Å²) in [6, 6.07) is 14.0. The number of benzene rings is 2. The van der Waals surface area contributed by atoms with Crippen LogP contribution in [0.1, 0.15) is 77.0 Å². The van der Waals surface area contributed by atoms with Crippen molar-refractivity contribution in [1.29, 1.82) is 5.41 Å². The van der Waals surface area contributed by atoms with E-state index in [9.17, 15) is 9.59 Å². The summed E-state index contributed by atoms with van der Waals surface area (Å²) in [5, 5.41) is 20.0. The lowest BCUT2D eigenvalue weighted by atomic mass is 9.74. The number of carbonyl (C=O) groups excluding carboxylic acids is 2. The number of hydrogen-bond donors (Lipinski definition) is 4. The predicted octanol–water partition coefficient (Wildman–Crippen LogP) is 6.01. The van der Waals surface area contributed by atoms with Crippen LogP contribution in [0.3, 0.4) is 0 Å². The maximum Gasteiger partial charge on any atom is 0.319 e. The van der Waals surface area contributed by atoms with Crippen LogP contribution in [0.2, 0.25) is 0 Å². The quantitative estimate of drug-likeness (QED) is 0.373. The number of guanidine groups is 1. The van der Waals surface area contributed by atoms with Crippen LogP contribution in [-0.2, 0) is 4.79 Å². The Morgan fingerprint density at radius 3 is 2.54 bits per heavy atom. The molecule has 1 heterocycles. The second-order valence-corrected chi connectivity index (χ2v) is 11.6. The van der Waals surface area contributed by atoms with Crippen molar-refractivity contribution in [3.63, 3.8) is 0 Å². The minimum absolute atomic E-state index is 0.0393. The second-order valence-electron chi connectivity index (χ2n) is 11.6. The third kappa shape index (κ3) is 5.91. The van der Waals surface area contributed by atoms with E-state index in [4.69, 9.17) is 5.41 Å². The molecule has 3 fully saturated rings. The van der Waals surface area contributed by atoms with Gasteiger partial charge in [0.2, 0.25) is 0 Å². The van der Waals surface area contributed by atoms with Crippen LogP contribution in [0, 0.1) is 17.2 Å². The van der Waals surface area contributed by atoms with Crippen LogP contribution < -0.4 is 16.0 Å². The minimum atomic E-state index is -0.677. The van der Waals surface area contributed by atoms with E-state index in [0.29, 0.717) is 11.8 Å². The summed E-state index contributed by atoms with van der Waals surface area (Å²) in [5.74, 6) is 1.29. The number of fused-ring (bicyclic) bond motifs is 1. The molecule has 2 aliphatic carbocycles. The molecule has 3 aliphatic rings. The summed E-state index contributed by atoms with van der Waals surface area (Å²) in [6.45, 7) is 0. The highest BCUT2D eigenvalue weighted by atomic mass is 16.2. The molecule has 7 heteroatoms. The van der Waals surface area contributed by atoms with Gasteiger partial charge in [-0.1, -0.05) is 75.3 Å². The first kappa shape index (κ1) is 25.6. The second kappa shape index (κ2) is 11.1. The van der Waals surface area contributed by atoms with E-state index in [1.165, 1.54) is 37.0 Å². The zero-order chi connectivity index (χ0) is 25.8. The van der Waals surface area contributed by atoms with E-state index in [2.05, 4.69) is 22.0 Å². The van der Waals surface area contributed by atoms with Crippen LogP contribution in [-0.4, -0.2) is 41.4 Å². The van der Waals surface area contributed by atoms with E-state index in [-0.39, 0.29) is 23.9 Å². The molecule has 0 radical (unpaired) electrons. The Morgan fingerprint density at radius 2 is 1.78 bits per heavy atom. The molecule has 0 spiro atoms. The molecule has 0 bridgehead atoms. The summed E-state index contributed by atoms with van der Waals surface area (Å²) >= 11 is 0. The molecule has 5 rings (SSSR count). The van der Waals surface area contributed by atoms with Crippen molar-refractivity contribution in [2.75, 3.05) is 12.4 Å². The fourth-order valence-corrected chi connectivity index (χ4v) is 6.84. The third-order valence-electron chi connectivity index (χ3n) is 8.87. The maximum atomic E-state index is 13.4. The van der Waals surface area contributed by atoms with Crippen LogP contribution >= 0.6 is 0 Å². The summed E-state index contributed by atoms with van der Waals surface area (Å²) < 4.78 is 0. The summed E-state index contributed by atoms with van der Waals surface area (Å²) in [6.07, 6.45) is 12.9. The molecule has 198 valence electrons. The zero-order valence-electron chi connectivity index (χ0n) is 22.0. The molecule has 1 unspecified atom stereocenters. The van der Waals surface area contributed by atoms with Crippen molar-refractivity contribution < 1.29 is 9.59 Å². The molecule has 7 nitrogen and oxygen atoms in total. The highest BCUT2D eigenvalue weighted by Crippen LogP contribution is 2.38. The average Bonchev–Trinajstić information content (AvgIpc) is 3.11. The molecule has 1 aliphatic heterocycles. The van der Waals surface area contributed by atoms with Gasteiger partial charge in [-0.25, -0.2) is 4.79 Å². The van der Waals surface area contributed by atoms with Gasteiger partial charge in [-0.05, 0) is 66.8 Å². The molecule has 3 atom stereocenters. The number of anilines is 1. The normalized spacial score (nSPS) is 26.8. The monoisotopic (exact) mass is 503 g/mol. The SMILES string of the molecule is CN1C(=N)N[C@](CCC2CCCCC2)(C[C@H]2CCCC(NC(=O)Nc3ccc4ccccc4c3)C2)C1=O. The number of rotatable bonds is 7. The minimum Gasteiger partial charge on any atom is -0.342 e. The fraction of sp³-hybridized carbons (Fsp3) is 0.567. The van der Waals surface area contributed by atoms with Crippen LogP contribution in [0.25, 0.3) is 10.8 Å². The number of likely N-dealkylation sites (N-methyl/N-ethyl adjacent to an activating group) is 1. The van der Waals surface area contributed by atoms with E-state index < -0.39 is 5.54 Å². The Hall–Kier alpha value is -3.09. The van der Waals surface area contributed by atoms with Gasteiger partial charge in [0, 0.05) is 18.8 Å². The zero-order valence-corrected chi connectivity index (χ0v) is 22.0. The fourth-order valence-electron chi connectivity index (χ4n) is 6.84. The standard InChI is InChI=1S/C30H41N5O2/c1-35-27(36)30(34-28(35)31,17-16-21-8-3-2-4-9-21)20-22-10-7-13-25(18-22)32-29(37)33-26-15-14-23-11-5-6-12-24(23)19-26/h5-6,11-12,14-15,19,21-22,25H,2-4,7-10,13,16-18,20H2,1H3,(H2,31,34)(H2,32,33,37)/t22-,25?,30+/m0/s1. The predicted molar refractivity (Wildman–Crippen MR) is 149 cm³/mol. The smallest absolute Gasteiger partial charge is 0.319 e. The molecule has 3 amide bonds. The van der Waals surface area contributed by atoms with E-state index in [1.54, 1.807) is 7.05 Å². The molecule has 2 aromatic rings. The van der Waals surface area contributed by atoms with Crippen molar-refractivity contribution in [2.45, 2.75) is 88.6 Å². The summed E-state index contributed by atoms with van der Waals surface area (Å²) in [7, 11) is 1.71. The van der Waals surface area contributed by atoms with Gasteiger partial charge in [-0.2, -0.15) is 0 Å². The first-order valence-electron chi connectivity index (χ1n) is 14.1. The average molecular weight is 504 g/mol. The topological polar surface area (TPSA) is 97.3 Å². The summed E-state index contributed by atoms with van der Waals surface area (Å²) in [5.41, 5.74) is 0.107. The van der Waals surface area contributed by atoms with Crippen LogP contribution in [0.15, 0.2) is 42.5 Å². The van der Waals surface area contributed by atoms with Crippen LogP contribution in [0.5, 0.6) is 0 Å². The maximum absolute atomic E-state index is 13.4. The number of nitrogens with zero attached hydrogens (tertiary/aromatic N) is 1. The van der Waals surface area contributed by atoms with Crippen molar-refractivity contribution in [3.8, 4) is 0 Å². The van der Waals surface area contributed by atoms with Gasteiger partial charge in [0.15, 0.2) is 5.96 Å². The first-order chi connectivity index (χ1) is 17.9. The van der Waals surface area contributed by atoms with Crippen molar-refractivity contribution >= 4 is 34.4 Å². The summed E-state index contributed by atoms with van der Waals surface area (Å²) in [4.78, 5) is 27.7. The molecular formula is C30H41N5O2. The Balaban J connectivity index is 1.19. The van der Waals surface area contributed by atoms with E-state index in [1.807, 2.05) is 36.4 Å². The van der Waals surface area contributed by atoms with Gasteiger partial charge in [-0.15, -0.1) is 0 Å². The van der Waals surface area contributed by atoms with Gasteiger partial charge >= 0.3 is 6.03 Å². The van der Waals surface area contributed by atoms with Gasteiger partial charge < -0.3 is 16.0 Å². The Bertz CT molecular complexity index is 1140. The number of amides is 3. The Labute approximate surface area is 220 Å². The molecule has 2 saturated carbocycles. The number of carbonyl (C=O) groups is 2. The largest absolute Gasteiger partial charge is 0.342 e. The number of urea groups is 1. The molecule has 37 heavy (non-hydrogen) atoms. The highest BCUT2D eigenvalue weighted by molar-refractivity contribution is 6.07. The van der Waals surface area contributed by atoms with Gasteiger partial charge in [0.05, 0.1) is 0 Å².